The number of carboxylic acids is 1. The number of carbonyl (C=O) groups excluding carboxylic acids is 2. The van der Waals surface area contributed by atoms with Crippen molar-refractivity contribution in [2.75, 3.05) is 0 Å². The van der Waals surface area contributed by atoms with Crippen molar-refractivity contribution in [3.8, 4) is 0 Å². The molecular formula is C14H9FNO4-. The third-order valence-electron chi connectivity index (χ3n) is 2.39. The monoisotopic (exact) mass is 274 g/mol. The zero-order valence-electron chi connectivity index (χ0n) is 10.1. The van der Waals surface area contributed by atoms with Gasteiger partial charge in [-0.1, -0.05) is 12.1 Å². The summed E-state index contributed by atoms with van der Waals surface area (Å²) >= 11 is 0. The second-order valence-electron chi connectivity index (χ2n) is 3.83. The molecule has 2 rings (SSSR count). The highest BCUT2D eigenvalue weighted by Gasteiger charge is 2.11. The Balaban J connectivity index is 2.21. The lowest BCUT2D eigenvalue weighted by Crippen LogP contribution is -2.35. The highest BCUT2D eigenvalue weighted by atomic mass is 19.1. The number of hydrogen-bond acceptors (Lipinski definition) is 4. The van der Waals surface area contributed by atoms with Gasteiger partial charge in [0.25, 0.3) is 5.91 Å². The third kappa shape index (κ3) is 3.32. The minimum Gasteiger partial charge on any atom is -0.543 e. The molecule has 0 aliphatic rings. The first-order valence-corrected chi connectivity index (χ1v) is 5.60. The van der Waals surface area contributed by atoms with E-state index in [0.717, 1.165) is 6.08 Å². The number of carboxylic acid groups (broad SMARTS) is 1. The van der Waals surface area contributed by atoms with Crippen LogP contribution < -0.4 is 10.4 Å². The van der Waals surface area contributed by atoms with Gasteiger partial charge in [-0.3, -0.25) is 4.79 Å². The molecule has 0 aliphatic carbocycles. The highest BCUT2D eigenvalue weighted by Crippen LogP contribution is 2.08. The number of nitrogens with one attached hydrogen (secondary N) is 1. The minimum absolute atomic E-state index is 0.0312. The maximum Gasteiger partial charge on any atom is 0.291 e. The van der Waals surface area contributed by atoms with Gasteiger partial charge in [0.05, 0.1) is 17.9 Å². The molecule has 0 radical (unpaired) electrons. The lowest BCUT2D eigenvalue weighted by atomic mass is 10.2. The Hall–Kier alpha value is -2.89. The number of rotatable bonds is 4. The fourth-order valence-electron chi connectivity index (χ4n) is 1.46. The van der Waals surface area contributed by atoms with E-state index >= 15 is 0 Å². The molecule has 5 nitrogen and oxygen atoms in total. The predicted molar refractivity (Wildman–Crippen MR) is 65.6 cm³/mol. The SMILES string of the molecule is O=C([O-])C(=Cc1ccc(F)cc1)NC(=O)c1ccco1. The molecule has 1 aromatic carbocycles. The molecule has 0 atom stereocenters. The third-order valence-corrected chi connectivity index (χ3v) is 2.39. The van der Waals surface area contributed by atoms with Crippen LogP contribution in [0.2, 0.25) is 0 Å². The van der Waals surface area contributed by atoms with Crippen molar-refractivity contribution in [3.05, 3.63) is 65.5 Å². The Morgan fingerprint density at radius 3 is 2.45 bits per heavy atom. The van der Waals surface area contributed by atoms with Crippen LogP contribution in [-0.4, -0.2) is 11.9 Å². The molecule has 1 amide bonds. The number of amides is 1. The smallest absolute Gasteiger partial charge is 0.291 e. The highest BCUT2D eigenvalue weighted by molar-refractivity contribution is 6.00. The van der Waals surface area contributed by atoms with E-state index in [1.54, 1.807) is 0 Å². The van der Waals surface area contributed by atoms with Crippen LogP contribution in [0.15, 0.2) is 52.8 Å². The number of furan rings is 1. The normalized spacial score (nSPS) is 11.2. The van der Waals surface area contributed by atoms with Gasteiger partial charge < -0.3 is 19.6 Å². The van der Waals surface area contributed by atoms with Gasteiger partial charge in [0.2, 0.25) is 0 Å². The molecule has 1 N–H and O–H groups in total. The van der Waals surface area contributed by atoms with Crippen LogP contribution in [0, 0.1) is 5.82 Å². The van der Waals surface area contributed by atoms with Crippen molar-refractivity contribution in [1.29, 1.82) is 0 Å². The molecule has 0 aliphatic heterocycles. The topological polar surface area (TPSA) is 82.4 Å². The Kier molecular flexibility index (Phi) is 3.95. The van der Waals surface area contributed by atoms with Crippen LogP contribution in [0.1, 0.15) is 16.1 Å². The van der Waals surface area contributed by atoms with Crippen molar-refractivity contribution in [2.24, 2.45) is 0 Å². The van der Waals surface area contributed by atoms with E-state index < -0.39 is 23.4 Å². The van der Waals surface area contributed by atoms with E-state index in [2.05, 4.69) is 5.32 Å². The van der Waals surface area contributed by atoms with Gasteiger partial charge in [-0.25, -0.2) is 4.39 Å². The van der Waals surface area contributed by atoms with Crippen LogP contribution >= 0.6 is 0 Å². The molecule has 0 fully saturated rings. The number of benzene rings is 1. The molecule has 0 bridgehead atoms. The molecule has 0 saturated heterocycles. The van der Waals surface area contributed by atoms with Gasteiger partial charge in [-0.2, -0.15) is 0 Å². The second kappa shape index (κ2) is 5.83. The Morgan fingerprint density at radius 1 is 1.20 bits per heavy atom. The van der Waals surface area contributed by atoms with Crippen molar-refractivity contribution < 1.29 is 23.5 Å². The summed E-state index contributed by atoms with van der Waals surface area (Å²) in [5.74, 6) is -2.75. The minimum atomic E-state index is -1.56. The molecule has 20 heavy (non-hydrogen) atoms. The standard InChI is InChI=1S/C14H10FNO4/c15-10-5-3-9(4-6-10)8-11(14(18)19)16-13(17)12-2-1-7-20-12/h1-8H,(H,16,17)(H,18,19)/p-1. The van der Waals surface area contributed by atoms with Gasteiger partial charge in [0, 0.05) is 0 Å². The average molecular weight is 274 g/mol. The van der Waals surface area contributed by atoms with Gasteiger partial charge in [0.15, 0.2) is 5.76 Å². The zero-order valence-corrected chi connectivity index (χ0v) is 10.1. The van der Waals surface area contributed by atoms with Gasteiger partial charge in [-0.15, -0.1) is 0 Å². The van der Waals surface area contributed by atoms with E-state index in [4.69, 9.17) is 4.42 Å². The zero-order chi connectivity index (χ0) is 14.5. The quantitative estimate of drug-likeness (QED) is 0.841. The fourth-order valence-corrected chi connectivity index (χ4v) is 1.46. The summed E-state index contributed by atoms with van der Waals surface area (Å²) in [5.41, 5.74) is -0.0386. The van der Waals surface area contributed by atoms with Crippen LogP contribution in [-0.2, 0) is 4.79 Å². The van der Waals surface area contributed by atoms with Crippen molar-refractivity contribution in [3.63, 3.8) is 0 Å². The van der Waals surface area contributed by atoms with E-state index in [9.17, 15) is 19.1 Å². The van der Waals surface area contributed by atoms with Crippen LogP contribution in [0.3, 0.4) is 0 Å². The molecule has 1 aromatic heterocycles. The van der Waals surface area contributed by atoms with Gasteiger partial charge in [0.1, 0.15) is 5.82 Å². The van der Waals surface area contributed by atoms with Crippen molar-refractivity contribution in [2.45, 2.75) is 0 Å². The number of carbonyl (C=O) groups is 2. The maximum atomic E-state index is 12.7. The van der Waals surface area contributed by atoms with Crippen LogP contribution in [0.4, 0.5) is 4.39 Å². The van der Waals surface area contributed by atoms with E-state index in [1.807, 2.05) is 0 Å². The van der Waals surface area contributed by atoms with Gasteiger partial charge in [-0.05, 0) is 35.9 Å². The Bertz CT molecular complexity index is 644. The fraction of sp³-hybridized carbons (Fsp3) is 0. The van der Waals surface area contributed by atoms with E-state index in [-0.39, 0.29) is 5.76 Å². The molecule has 0 spiro atoms. The summed E-state index contributed by atoms with van der Waals surface area (Å²) in [6.45, 7) is 0. The number of halogens is 1. The van der Waals surface area contributed by atoms with Gasteiger partial charge >= 0.3 is 0 Å². The molecule has 0 unspecified atom stereocenters. The summed E-state index contributed by atoms with van der Waals surface area (Å²) in [6, 6.07) is 7.98. The first kappa shape index (κ1) is 13.5. The van der Waals surface area contributed by atoms with Crippen molar-refractivity contribution in [1.82, 2.24) is 5.32 Å². The lowest BCUT2D eigenvalue weighted by Gasteiger charge is -2.09. The van der Waals surface area contributed by atoms with E-state index in [1.165, 1.54) is 42.7 Å². The molecule has 1 heterocycles. The first-order chi connectivity index (χ1) is 9.56. The van der Waals surface area contributed by atoms with Crippen LogP contribution in [0.5, 0.6) is 0 Å². The predicted octanol–water partition coefficient (Wildman–Crippen LogP) is 0.940. The lowest BCUT2D eigenvalue weighted by molar-refractivity contribution is -0.299. The number of hydrogen-bond donors (Lipinski definition) is 1. The molecule has 102 valence electrons. The summed E-state index contributed by atoms with van der Waals surface area (Å²) in [6.07, 6.45) is 2.45. The summed E-state index contributed by atoms with van der Waals surface area (Å²) in [7, 11) is 0. The summed E-state index contributed by atoms with van der Waals surface area (Å²) in [5, 5.41) is 13.1. The molecule has 0 saturated carbocycles. The molecular weight excluding hydrogens is 265 g/mol. The van der Waals surface area contributed by atoms with Crippen LogP contribution in [0.25, 0.3) is 6.08 Å². The number of aliphatic carboxylic acids is 1. The first-order valence-electron chi connectivity index (χ1n) is 5.60. The second-order valence-corrected chi connectivity index (χ2v) is 3.83. The molecule has 6 heteroatoms. The van der Waals surface area contributed by atoms with E-state index in [0.29, 0.717) is 5.56 Å². The molecule has 2 aromatic rings. The Labute approximate surface area is 113 Å². The summed E-state index contributed by atoms with van der Waals surface area (Å²) in [4.78, 5) is 22.6. The van der Waals surface area contributed by atoms with Crippen molar-refractivity contribution >= 4 is 18.0 Å². The Morgan fingerprint density at radius 2 is 1.90 bits per heavy atom. The maximum absolute atomic E-state index is 12.7. The largest absolute Gasteiger partial charge is 0.543 e. The summed E-state index contributed by atoms with van der Waals surface area (Å²) < 4.78 is 17.6. The average Bonchev–Trinajstić information content (AvgIpc) is 2.94.